The lowest BCUT2D eigenvalue weighted by atomic mass is 9.72. The van der Waals surface area contributed by atoms with Gasteiger partial charge in [0.1, 0.15) is 5.01 Å². The maximum absolute atomic E-state index is 12.2. The molecule has 1 aromatic heterocycles. The second kappa shape index (κ2) is 10.5. The van der Waals surface area contributed by atoms with E-state index in [4.69, 9.17) is 5.73 Å². The molecule has 3 N–H and O–H groups in total. The Morgan fingerprint density at radius 3 is 2.52 bits per heavy atom. The third-order valence-corrected chi connectivity index (χ3v) is 5.35. The molecule has 7 heteroatoms. The number of nitrogens with one attached hydrogen (secondary N) is 1. The summed E-state index contributed by atoms with van der Waals surface area (Å²) in [6, 6.07) is 0. The Balaban J connectivity index is 0.00000242. The summed E-state index contributed by atoms with van der Waals surface area (Å²) >= 11 is 1.62. The van der Waals surface area contributed by atoms with E-state index in [1.807, 2.05) is 0 Å². The van der Waals surface area contributed by atoms with Gasteiger partial charge in [0.05, 0.1) is 12.2 Å². The van der Waals surface area contributed by atoms with E-state index in [9.17, 15) is 4.79 Å². The molecule has 0 bridgehead atoms. The first-order chi connectivity index (χ1) is 10.0. The summed E-state index contributed by atoms with van der Waals surface area (Å²) in [4.78, 5) is 16.7. The first-order valence-corrected chi connectivity index (χ1v) is 8.84. The Kier molecular flexibility index (Phi) is 10.3. The normalized spacial score (nSPS) is 16.3. The number of halogens is 2. The average Bonchev–Trinajstić information content (AvgIpc) is 2.95. The lowest BCUT2D eigenvalue weighted by Crippen LogP contribution is -2.38. The largest absolute Gasteiger partial charge is 0.350 e. The maximum Gasteiger partial charge on any atom is 0.220 e. The Bertz CT molecular complexity index is 474. The molecule has 0 aromatic carbocycles. The number of thiazole rings is 1. The third kappa shape index (κ3) is 6.57. The highest BCUT2D eigenvalue weighted by Gasteiger charge is 2.32. The zero-order chi connectivity index (χ0) is 15.3. The van der Waals surface area contributed by atoms with Gasteiger partial charge in [-0.2, -0.15) is 0 Å². The number of carbonyl (C=O) groups excluding carboxylic acids is 1. The number of carbonyl (C=O) groups is 1. The number of aromatic nitrogens is 1. The maximum atomic E-state index is 12.2. The van der Waals surface area contributed by atoms with E-state index in [0.29, 0.717) is 25.4 Å². The summed E-state index contributed by atoms with van der Waals surface area (Å²) in [7, 11) is 0. The van der Waals surface area contributed by atoms with Crippen molar-refractivity contribution in [2.24, 2.45) is 11.1 Å². The van der Waals surface area contributed by atoms with Gasteiger partial charge in [0, 0.05) is 11.8 Å². The van der Waals surface area contributed by atoms with Gasteiger partial charge in [-0.25, -0.2) is 4.98 Å². The van der Waals surface area contributed by atoms with E-state index in [0.717, 1.165) is 23.5 Å². The molecule has 1 heterocycles. The fraction of sp³-hybridized carbons (Fsp3) is 0.750. The number of hydrogen-bond acceptors (Lipinski definition) is 4. The molecular weight excluding hydrogens is 353 g/mol. The van der Waals surface area contributed by atoms with Crippen molar-refractivity contribution in [3.63, 3.8) is 0 Å². The fourth-order valence-corrected chi connectivity index (χ4v) is 3.90. The summed E-state index contributed by atoms with van der Waals surface area (Å²) < 4.78 is 0. The summed E-state index contributed by atoms with van der Waals surface area (Å²) in [5.74, 6) is 0.553. The van der Waals surface area contributed by atoms with Crippen LogP contribution in [0.3, 0.4) is 0 Å². The Morgan fingerprint density at radius 1 is 1.35 bits per heavy atom. The van der Waals surface area contributed by atoms with Crippen molar-refractivity contribution in [2.75, 3.05) is 6.54 Å². The number of rotatable bonds is 6. The molecule has 1 fully saturated rings. The zero-order valence-corrected chi connectivity index (χ0v) is 16.4. The summed E-state index contributed by atoms with van der Waals surface area (Å²) in [5, 5.41) is 6.07. The molecule has 0 spiro atoms. The Labute approximate surface area is 155 Å². The minimum Gasteiger partial charge on any atom is -0.350 e. The summed E-state index contributed by atoms with van der Waals surface area (Å²) in [6.07, 6.45) is 6.42. The minimum atomic E-state index is 0. The second-order valence-electron chi connectivity index (χ2n) is 6.54. The van der Waals surface area contributed by atoms with Gasteiger partial charge >= 0.3 is 0 Å². The Morgan fingerprint density at radius 2 is 2.00 bits per heavy atom. The molecule has 2 rings (SSSR count). The molecule has 0 unspecified atom stereocenters. The molecule has 0 radical (unpaired) electrons. The number of nitrogens with two attached hydrogens (primary N) is 1. The first-order valence-electron chi connectivity index (χ1n) is 7.96. The monoisotopic (exact) mass is 381 g/mol. The van der Waals surface area contributed by atoms with Crippen LogP contribution in [0.1, 0.15) is 69.0 Å². The lowest BCUT2D eigenvalue weighted by molar-refractivity contribution is -0.124. The van der Waals surface area contributed by atoms with E-state index >= 15 is 0 Å². The molecule has 0 aliphatic heterocycles. The molecule has 1 amide bonds. The standard InChI is InChI=1S/C16H27N3OS.2ClH/c1-12(2)13-10-21-15(19-13)9-18-14(20)8-16(11-17)6-4-3-5-7-16;;/h10,12H,3-9,11,17H2,1-2H3,(H,18,20);2*1H. The van der Waals surface area contributed by atoms with E-state index < -0.39 is 0 Å². The van der Waals surface area contributed by atoms with Gasteiger partial charge in [-0.1, -0.05) is 33.1 Å². The van der Waals surface area contributed by atoms with Crippen molar-refractivity contribution >= 4 is 42.1 Å². The smallest absolute Gasteiger partial charge is 0.220 e. The summed E-state index contributed by atoms with van der Waals surface area (Å²) in [6.45, 7) is 5.42. The number of hydrogen-bond donors (Lipinski definition) is 2. The fourth-order valence-electron chi connectivity index (χ4n) is 3.00. The van der Waals surface area contributed by atoms with Crippen LogP contribution in [0.15, 0.2) is 5.38 Å². The van der Waals surface area contributed by atoms with Crippen molar-refractivity contribution in [3.8, 4) is 0 Å². The van der Waals surface area contributed by atoms with Crippen LogP contribution >= 0.6 is 36.2 Å². The van der Waals surface area contributed by atoms with Gasteiger partial charge in [-0.15, -0.1) is 36.2 Å². The van der Waals surface area contributed by atoms with Crippen molar-refractivity contribution in [1.29, 1.82) is 0 Å². The van der Waals surface area contributed by atoms with E-state index in [1.54, 1.807) is 11.3 Å². The van der Waals surface area contributed by atoms with E-state index in [1.165, 1.54) is 19.3 Å². The van der Waals surface area contributed by atoms with Crippen LogP contribution in [0.5, 0.6) is 0 Å². The SMILES string of the molecule is CC(C)c1csc(CNC(=O)CC2(CN)CCCCC2)n1.Cl.Cl. The average molecular weight is 382 g/mol. The predicted octanol–water partition coefficient (Wildman–Crippen LogP) is 4.03. The molecule has 4 nitrogen and oxygen atoms in total. The second-order valence-corrected chi connectivity index (χ2v) is 7.48. The van der Waals surface area contributed by atoms with Gasteiger partial charge in [-0.3, -0.25) is 4.79 Å². The lowest BCUT2D eigenvalue weighted by Gasteiger charge is -2.35. The van der Waals surface area contributed by atoms with E-state index in [2.05, 4.69) is 29.5 Å². The van der Waals surface area contributed by atoms with Crippen LogP contribution in [0.4, 0.5) is 0 Å². The first kappa shape index (κ1) is 22.6. The van der Waals surface area contributed by atoms with Crippen LogP contribution in [-0.4, -0.2) is 17.4 Å². The van der Waals surface area contributed by atoms with Crippen molar-refractivity contribution in [2.45, 2.75) is 64.8 Å². The molecular formula is C16H29Cl2N3OS. The van der Waals surface area contributed by atoms with Gasteiger partial charge in [-0.05, 0) is 30.7 Å². The molecule has 0 saturated heterocycles. The van der Waals surface area contributed by atoms with Crippen molar-refractivity contribution < 1.29 is 4.79 Å². The van der Waals surface area contributed by atoms with Crippen LogP contribution in [0, 0.1) is 5.41 Å². The van der Waals surface area contributed by atoms with Crippen LogP contribution in [0.2, 0.25) is 0 Å². The predicted molar refractivity (Wildman–Crippen MR) is 102 cm³/mol. The minimum absolute atomic E-state index is 0. The van der Waals surface area contributed by atoms with Crippen LogP contribution < -0.4 is 11.1 Å². The zero-order valence-electron chi connectivity index (χ0n) is 14.0. The Hall–Kier alpha value is -0.360. The molecule has 1 aliphatic carbocycles. The third-order valence-electron chi connectivity index (χ3n) is 4.48. The van der Waals surface area contributed by atoms with Crippen LogP contribution in [-0.2, 0) is 11.3 Å². The molecule has 23 heavy (non-hydrogen) atoms. The van der Waals surface area contributed by atoms with Crippen molar-refractivity contribution in [1.82, 2.24) is 10.3 Å². The molecule has 1 aliphatic rings. The number of amides is 1. The van der Waals surface area contributed by atoms with Crippen molar-refractivity contribution in [3.05, 3.63) is 16.1 Å². The van der Waals surface area contributed by atoms with Gasteiger partial charge in [0.15, 0.2) is 0 Å². The summed E-state index contributed by atoms with van der Waals surface area (Å²) in [5.41, 5.74) is 7.08. The highest BCUT2D eigenvalue weighted by atomic mass is 35.5. The quantitative estimate of drug-likeness (QED) is 0.781. The van der Waals surface area contributed by atoms with Crippen LogP contribution in [0.25, 0.3) is 0 Å². The molecule has 1 aromatic rings. The number of nitrogens with zero attached hydrogens (tertiary/aromatic N) is 1. The van der Waals surface area contributed by atoms with Gasteiger partial charge in [0.2, 0.25) is 5.91 Å². The van der Waals surface area contributed by atoms with E-state index in [-0.39, 0.29) is 36.1 Å². The molecule has 134 valence electrons. The highest BCUT2D eigenvalue weighted by molar-refractivity contribution is 7.09. The topological polar surface area (TPSA) is 68.0 Å². The molecule has 1 saturated carbocycles. The van der Waals surface area contributed by atoms with Gasteiger partial charge in [0.25, 0.3) is 0 Å². The molecule has 0 atom stereocenters. The van der Waals surface area contributed by atoms with Gasteiger partial charge < -0.3 is 11.1 Å². The highest BCUT2D eigenvalue weighted by Crippen LogP contribution is 2.38.